The van der Waals surface area contributed by atoms with Crippen LogP contribution >= 0.6 is 11.6 Å². The Hall–Kier alpha value is -1.52. The van der Waals surface area contributed by atoms with Crippen molar-refractivity contribution < 1.29 is 4.74 Å². The molecule has 0 N–H and O–H groups in total. The van der Waals surface area contributed by atoms with Crippen LogP contribution in [0.5, 0.6) is 5.75 Å². The fraction of sp³-hybridized carbons (Fsp3) is 0.438. The van der Waals surface area contributed by atoms with Crippen LogP contribution in [-0.2, 0) is 6.54 Å². The van der Waals surface area contributed by atoms with Gasteiger partial charge in [0.25, 0.3) is 0 Å². The van der Waals surface area contributed by atoms with Crippen LogP contribution in [-0.4, -0.2) is 40.2 Å². The molecule has 0 amide bonds. The number of ether oxygens (including phenoxy) is 1. The largest absolute Gasteiger partial charge is 0.490 e. The first-order valence-electron chi connectivity index (χ1n) is 7.40. The van der Waals surface area contributed by atoms with Crippen LogP contribution in [0.25, 0.3) is 0 Å². The molecule has 0 atom stereocenters. The van der Waals surface area contributed by atoms with Crippen LogP contribution in [0.1, 0.15) is 12.8 Å². The number of hydrogen-bond donors (Lipinski definition) is 0. The van der Waals surface area contributed by atoms with E-state index in [-0.39, 0.29) is 0 Å². The smallest absolute Gasteiger partial charge is 0.119 e. The van der Waals surface area contributed by atoms with Gasteiger partial charge in [-0.05, 0) is 37.1 Å². The maximum absolute atomic E-state index is 6.01. The van der Waals surface area contributed by atoms with Gasteiger partial charge in [-0.1, -0.05) is 11.6 Å². The molecule has 112 valence electrons. The Bertz CT molecular complexity index is 533. The van der Waals surface area contributed by atoms with E-state index in [2.05, 4.69) is 14.5 Å². The summed E-state index contributed by atoms with van der Waals surface area (Å²) >= 11 is 5.88. The molecule has 1 aromatic heterocycles. The van der Waals surface area contributed by atoms with Crippen molar-refractivity contribution in [2.45, 2.75) is 25.5 Å². The van der Waals surface area contributed by atoms with Gasteiger partial charge in [-0.3, -0.25) is 0 Å². The molecule has 3 rings (SSSR count). The average molecular weight is 306 g/mol. The number of rotatable bonds is 5. The molecule has 1 aromatic carbocycles. The molecule has 2 aromatic rings. The van der Waals surface area contributed by atoms with Crippen LogP contribution in [0.3, 0.4) is 0 Å². The number of nitrogens with zero attached hydrogens (tertiary/aromatic N) is 3. The minimum absolute atomic E-state index is 0.315. The topological polar surface area (TPSA) is 30.3 Å². The lowest BCUT2D eigenvalue weighted by atomic mass is 10.1. The highest BCUT2D eigenvalue weighted by molar-refractivity contribution is 6.30. The number of benzene rings is 1. The summed E-state index contributed by atoms with van der Waals surface area (Å²) < 4.78 is 8.13. The van der Waals surface area contributed by atoms with E-state index in [9.17, 15) is 0 Å². The number of aromatic nitrogens is 2. The van der Waals surface area contributed by atoms with E-state index < -0.39 is 0 Å². The van der Waals surface area contributed by atoms with Crippen molar-refractivity contribution in [2.24, 2.45) is 0 Å². The minimum atomic E-state index is 0.315. The van der Waals surface area contributed by atoms with Crippen molar-refractivity contribution in [1.29, 1.82) is 0 Å². The van der Waals surface area contributed by atoms with E-state index in [1.165, 1.54) is 0 Å². The average Bonchev–Trinajstić information content (AvgIpc) is 3.02. The third-order valence-electron chi connectivity index (χ3n) is 3.88. The highest BCUT2D eigenvalue weighted by Crippen LogP contribution is 2.21. The van der Waals surface area contributed by atoms with Gasteiger partial charge in [-0.2, -0.15) is 0 Å². The minimum Gasteiger partial charge on any atom is -0.490 e. The molecule has 0 aliphatic carbocycles. The summed E-state index contributed by atoms with van der Waals surface area (Å²) in [7, 11) is 0. The number of piperidine rings is 1. The number of imidazole rings is 1. The first kappa shape index (κ1) is 14.4. The summed E-state index contributed by atoms with van der Waals surface area (Å²) in [5, 5.41) is 0.747. The standard InChI is InChI=1S/C16H20ClN3O/c17-14-1-3-15(4-2-14)21-16-5-8-19(9-6-16)11-12-20-10-7-18-13-20/h1-4,7,10,13,16H,5-6,8-9,11-12H2. The Labute approximate surface area is 130 Å². The van der Waals surface area contributed by atoms with Gasteiger partial charge < -0.3 is 14.2 Å². The molecule has 4 nitrogen and oxygen atoms in total. The fourth-order valence-electron chi connectivity index (χ4n) is 2.63. The van der Waals surface area contributed by atoms with Crippen molar-refractivity contribution >= 4 is 11.6 Å². The summed E-state index contributed by atoms with van der Waals surface area (Å²) in [6.45, 7) is 4.26. The van der Waals surface area contributed by atoms with Crippen LogP contribution < -0.4 is 4.74 Å². The highest BCUT2D eigenvalue weighted by Gasteiger charge is 2.20. The zero-order valence-corrected chi connectivity index (χ0v) is 12.7. The summed E-state index contributed by atoms with van der Waals surface area (Å²) in [4.78, 5) is 6.55. The van der Waals surface area contributed by atoms with Crippen molar-refractivity contribution in [3.8, 4) is 5.75 Å². The molecule has 21 heavy (non-hydrogen) atoms. The molecule has 5 heteroatoms. The van der Waals surface area contributed by atoms with Gasteiger partial charge in [0.1, 0.15) is 11.9 Å². The van der Waals surface area contributed by atoms with Crippen molar-refractivity contribution in [3.63, 3.8) is 0 Å². The number of hydrogen-bond acceptors (Lipinski definition) is 3. The van der Waals surface area contributed by atoms with Crippen LogP contribution in [0, 0.1) is 0 Å². The molecule has 1 aliphatic rings. The Kier molecular flexibility index (Phi) is 4.78. The van der Waals surface area contributed by atoms with Crippen molar-refractivity contribution in [3.05, 3.63) is 48.0 Å². The summed E-state index contributed by atoms with van der Waals surface area (Å²) in [5.74, 6) is 0.913. The lowest BCUT2D eigenvalue weighted by molar-refractivity contribution is 0.0986. The second-order valence-corrected chi connectivity index (χ2v) is 5.85. The van der Waals surface area contributed by atoms with E-state index in [1.54, 1.807) is 0 Å². The zero-order valence-electron chi connectivity index (χ0n) is 12.0. The molecular formula is C16H20ClN3O. The summed E-state index contributed by atoms with van der Waals surface area (Å²) in [5.41, 5.74) is 0. The Morgan fingerprint density at radius 1 is 1.14 bits per heavy atom. The summed E-state index contributed by atoms with van der Waals surface area (Å²) in [6, 6.07) is 7.62. The van der Waals surface area contributed by atoms with Crippen molar-refractivity contribution in [2.75, 3.05) is 19.6 Å². The molecule has 0 unspecified atom stereocenters. The van der Waals surface area contributed by atoms with Gasteiger partial charge in [0.2, 0.25) is 0 Å². The fourth-order valence-corrected chi connectivity index (χ4v) is 2.76. The second kappa shape index (κ2) is 6.96. The van der Waals surface area contributed by atoms with Gasteiger partial charge >= 0.3 is 0 Å². The Morgan fingerprint density at radius 3 is 2.57 bits per heavy atom. The number of likely N-dealkylation sites (tertiary alicyclic amines) is 1. The maximum atomic E-state index is 6.01. The number of halogens is 1. The predicted molar refractivity (Wildman–Crippen MR) is 83.8 cm³/mol. The normalized spacial score (nSPS) is 17.0. The summed E-state index contributed by atoms with van der Waals surface area (Å²) in [6.07, 6.45) is 8.17. The second-order valence-electron chi connectivity index (χ2n) is 5.41. The lowest BCUT2D eigenvalue weighted by Crippen LogP contribution is -2.39. The quantitative estimate of drug-likeness (QED) is 0.850. The molecular weight excluding hydrogens is 286 g/mol. The Balaban J connectivity index is 1.41. The van der Waals surface area contributed by atoms with Crippen molar-refractivity contribution in [1.82, 2.24) is 14.5 Å². The molecule has 0 radical (unpaired) electrons. The van der Waals surface area contributed by atoms with Gasteiger partial charge in [0, 0.05) is 43.6 Å². The molecule has 2 heterocycles. The first-order chi connectivity index (χ1) is 10.3. The SMILES string of the molecule is Clc1ccc(OC2CCN(CCn3ccnc3)CC2)cc1. The van der Waals surface area contributed by atoms with Crippen LogP contribution in [0.4, 0.5) is 0 Å². The molecule has 0 spiro atoms. The molecule has 1 aliphatic heterocycles. The first-order valence-corrected chi connectivity index (χ1v) is 7.78. The monoisotopic (exact) mass is 305 g/mol. The molecule has 1 saturated heterocycles. The van der Waals surface area contributed by atoms with Gasteiger partial charge in [0.15, 0.2) is 0 Å². The van der Waals surface area contributed by atoms with Gasteiger partial charge in [0.05, 0.1) is 6.33 Å². The predicted octanol–water partition coefficient (Wildman–Crippen LogP) is 3.08. The van der Waals surface area contributed by atoms with E-state index in [4.69, 9.17) is 16.3 Å². The van der Waals surface area contributed by atoms with E-state index in [0.717, 1.165) is 49.8 Å². The highest BCUT2D eigenvalue weighted by atomic mass is 35.5. The molecule has 1 fully saturated rings. The van der Waals surface area contributed by atoms with Gasteiger partial charge in [-0.25, -0.2) is 4.98 Å². The van der Waals surface area contributed by atoms with Crippen LogP contribution in [0.2, 0.25) is 5.02 Å². The zero-order chi connectivity index (χ0) is 14.5. The van der Waals surface area contributed by atoms with Gasteiger partial charge in [-0.15, -0.1) is 0 Å². The van der Waals surface area contributed by atoms with E-state index in [1.807, 2.05) is 43.0 Å². The van der Waals surface area contributed by atoms with E-state index in [0.29, 0.717) is 6.10 Å². The third kappa shape index (κ3) is 4.22. The third-order valence-corrected chi connectivity index (χ3v) is 4.14. The molecule has 0 bridgehead atoms. The van der Waals surface area contributed by atoms with Crippen LogP contribution in [0.15, 0.2) is 43.0 Å². The maximum Gasteiger partial charge on any atom is 0.119 e. The molecule has 0 saturated carbocycles. The Morgan fingerprint density at radius 2 is 1.90 bits per heavy atom. The lowest BCUT2D eigenvalue weighted by Gasteiger charge is -2.32. The van der Waals surface area contributed by atoms with E-state index >= 15 is 0 Å².